The lowest BCUT2D eigenvalue weighted by molar-refractivity contribution is -0.108. The van der Waals surface area contributed by atoms with Crippen LogP contribution in [0.3, 0.4) is 0 Å². The van der Waals surface area contributed by atoms with E-state index in [1.807, 2.05) is 39.8 Å². The summed E-state index contributed by atoms with van der Waals surface area (Å²) in [6.45, 7) is 10.5. The van der Waals surface area contributed by atoms with Gasteiger partial charge in [0.05, 0.1) is 0 Å². The maximum absolute atomic E-state index is 13.0. The van der Waals surface area contributed by atoms with E-state index in [4.69, 9.17) is 11.6 Å². The number of allylic oxidation sites excluding steroid dienone is 3. The molecule has 31 heavy (non-hydrogen) atoms. The lowest BCUT2D eigenvalue weighted by Gasteiger charge is -2.36. The van der Waals surface area contributed by atoms with Gasteiger partial charge in [0.1, 0.15) is 0 Å². The van der Waals surface area contributed by atoms with Crippen LogP contribution >= 0.6 is 11.6 Å². The van der Waals surface area contributed by atoms with Gasteiger partial charge in [0.2, 0.25) is 6.41 Å². The third kappa shape index (κ3) is 6.86. The molecule has 170 valence electrons. The fourth-order valence-corrected chi connectivity index (χ4v) is 4.34. The molecule has 5 nitrogen and oxygen atoms in total. The van der Waals surface area contributed by atoms with Gasteiger partial charge < -0.3 is 15.5 Å². The first-order valence-electron chi connectivity index (χ1n) is 11.0. The molecule has 0 heterocycles. The summed E-state index contributed by atoms with van der Waals surface area (Å²) in [5.41, 5.74) is 5.37. The summed E-state index contributed by atoms with van der Waals surface area (Å²) >= 11 is 6.41. The van der Waals surface area contributed by atoms with Crippen LogP contribution in [-0.2, 0) is 4.79 Å². The van der Waals surface area contributed by atoms with Crippen molar-refractivity contribution in [3.63, 3.8) is 0 Å². The Morgan fingerprint density at radius 3 is 2.45 bits per heavy atom. The molecule has 0 aliphatic heterocycles. The Balaban J connectivity index is 2.16. The van der Waals surface area contributed by atoms with Crippen LogP contribution in [0.4, 0.5) is 5.69 Å². The monoisotopic (exact) mass is 445 g/mol. The number of benzene rings is 1. The van der Waals surface area contributed by atoms with E-state index in [1.165, 1.54) is 25.7 Å². The lowest BCUT2D eigenvalue weighted by Crippen LogP contribution is -2.35. The Morgan fingerprint density at radius 2 is 1.84 bits per heavy atom. The fraction of sp³-hybridized carbons (Fsp3) is 0.520. The maximum Gasteiger partial charge on any atom is 0.251 e. The van der Waals surface area contributed by atoms with E-state index in [0.717, 1.165) is 34.0 Å². The summed E-state index contributed by atoms with van der Waals surface area (Å²) in [5.74, 6) is 0.657. The molecule has 1 fully saturated rings. The van der Waals surface area contributed by atoms with Crippen molar-refractivity contribution in [3.05, 3.63) is 51.2 Å². The van der Waals surface area contributed by atoms with Crippen LogP contribution in [0.15, 0.2) is 35.1 Å². The van der Waals surface area contributed by atoms with E-state index in [-0.39, 0.29) is 5.91 Å². The first kappa shape index (κ1) is 25.0. The highest BCUT2D eigenvalue weighted by atomic mass is 35.5. The maximum atomic E-state index is 13.0. The van der Waals surface area contributed by atoms with Gasteiger partial charge in [-0.1, -0.05) is 24.1 Å². The second kappa shape index (κ2) is 11.4. The van der Waals surface area contributed by atoms with Crippen LogP contribution in [0, 0.1) is 12.8 Å². The van der Waals surface area contributed by atoms with Gasteiger partial charge in [-0.15, -0.1) is 0 Å². The van der Waals surface area contributed by atoms with Crippen LogP contribution in [0.25, 0.3) is 0 Å². The first-order valence-corrected chi connectivity index (χ1v) is 11.4. The normalized spacial score (nSPS) is 20.0. The van der Waals surface area contributed by atoms with Gasteiger partial charge in [0.25, 0.3) is 5.91 Å². The van der Waals surface area contributed by atoms with Crippen molar-refractivity contribution in [2.75, 3.05) is 18.5 Å². The number of anilines is 1. The summed E-state index contributed by atoms with van der Waals surface area (Å²) in [7, 11) is 2.11. The van der Waals surface area contributed by atoms with E-state index < -0.39 is 0 Å². The molecule has 2 N–H and O–H groups in total. The third-order valence-electron chi connectivity index (χ3n) is 6.41. The van der Waals surface area contributed by atoms with Crippen molar-refractivity contribution >= 4 is 29.6 Å². The molecule has 0 atom stereocenters. The highest BCUT2D eigenvalue weighted by molar-refractivity contribution is 6.31. The average molecular weight is 446 g/mol. The van der Waals surface area contributed by atoms with Gasteiger partial charge in [-0.05, 0) is 88.6 Å². The molecule has 1 aromatic carbocycles. The third-order valence-corrected chi connectivity index (χ3v) is 6.63. The second-order valence-electron chi connectivity index (χ2n) is 8.86. The second-order valence-corrected chi connectivity index (χ2v) is 9.29. The van der Waals surface area contributed by atoms with Gasteiger partial charge in [0, 0.05) is 41.6 Å². The number of hydrogen-bond acceptors (Lipinski definition) is 3. The number of hydrogen-bond donors (Lipinski definition) is 2. The highest BCUT2D eigenvalue weighted by Crippen LogP contribution is 2.33. The van der Waals surface area contributed by atoms with Crippen molar-refractivity contribution in [1.82, 2.24) is 10.6 Å². The Hall–Kier alpha value is -2.27. The van der Waals surface area contributed by atoms with Crippen LogP contribution < -0.4 is 15.5 Å². The molecule has 1 aliphatic carbocycles. The molecule has 0 aromatic heterocycles. The first-order chi connectivity index (χ1) is 14.6. The molecule has 0 spiro atoms. The van der Waals surface area contributed by atoms with Gasteiger partial charge in [-0.3, -0.25) is 9.59 Å². The minimum Gasteiger partial charge on any atom is -0.371 e. The van der Waals surface area contributed by atoms with Crippen molar-refractivity contribution in [3.8, 4) is 0 Å². The number of carbonyl (C=O) groups is 2. The predicted molar refractivity (Wildman–Crippen MR) is 130 cm³/mol. The van der Waals surface area contributed by atoms with Crippen molar-refractivity contribution < 1.29 is 9.59 Å². The van der Waals surface area contributed by atoms with E-state index in [0.29, 0.717) is 29.6 Å². The summed E-state index contributed by atoms with van der Waals surface area (Å²) in [5, 5.41) is 6.21. The van der Waals surface area contributed by atoms with Gasteiger partial charge in [0.15, 0.2) is 0 Å². The lowest BCUT2D eigenvalue weighted by atomic mass is 9.86. The summed E-state index contributed by atoms with van der Waals surface area (Å²) in [6, 6.07) is 4.19. The van der Waals surface area contributed by atoms with Crippen molar-refractivity contribution in [2.45, 2.75) is 66.3 Å². The van der Waals surface area contributed by atoms with Crippen molar-refractivity contribution in [1.29, 1.82) is 0 Å². The van der Waals surface area contributed by atoms with Crippen LogP contribution in [0.5, 0.6) is 0 Å². The molecule has 0 unspecified atom stereocenters. The number of halogens is 1. The van der Waals surface area contributed by atoms with E-state index in [9.17, 15) is 9.59 Å². The predicted octanol–water partition coefficient (Wildman–Crippen LogP) is 5.38. The van der Waals surface area contributed by atoms with Crippen molar-refractivity contribution in [2.24, 2.45) is 5.92 Å². The van der Waals surface area contributed by atoms with E-state index in [2.05, 4.69) is 29.5 Å². The van der Waals surface area contributed by atoms with Gasteiger partial charge in [-0.25, -0.2) is 0 Å². The largest absolute Gasteiger partial charge is 0.371 e. The molecule has 2 amide bonds. The molecule has 1 saturated carbocycles. The number of carbonyl (C=O) groups excluding carboxylic acids is 2. The minimum absolute atomic E-state index is 0.134. The zero-order chi connectivity index (χ0) is 23.1. The quantitative estimate of drug-likeness (QED) is 0.417. The standard InChI is InChI=1S/C25H36ClN3O2/c1-16-7-9-22(10-8-16)29(6)24-13-21(26)12-23(20(24)5)25(31)27-14-18(3)17(2)11-19(4)28-15-30/h11-13,15-16,22H,7-10,14H2,1-6H3,(H,27,31)(H,28,30)/b18-17+,19-11-. The molecule has 6 heteroatoms. The SMILES string of the molecule is C/C(=C/C(C)=C(\C)CNC(=O)c1cc(Cl)cc(N(C)C2CCC(C)CC2)c1C)NC=O. The molecule has 1 aromatic rings. The summed E-state index contributed by atoms with van der Waals surface area (Å²) < 4.78 is 0. The Labute approximate surface area is 191 Å². The van der Waals surface area contributed by atoms with E-state index >= 15 is 0 Å². The Morgan fingerprint density at radius 1 is 1.19 bits per heavy atom. The smallest absolute Gasteiger partial charge is 0.251 e. The number of rotatable bonds is 8. The number of nitrogens with one attached hydrogen (secondary N) is 2. The Kier molecular flexibility index (Phi) is 9.17. The Bertz CT molecular complexity index is 868. The molecule has 0 saturated heterocycles. The molecule has 2 rings (SSSR count). The van der Waals surface area contributed by atoms with Gasteiger partial charge in [-0.2, -0.15) is 0 Å². The molecule has 1 aliphatic rings. The average Bonchev–Trinajstić information content (AvgIpc) is 2.73. The van der Waals surface area contributed by atoms with E-state index in [1.54, 1.807) is 6.07 Å². The molecule has 0 bridgehead atoms. The van der Waals surface area contributed by atoms with Gasteiger partial charge >= 0.3 is 0 Å². The zero-order valence-electron chi connectivity index (χ0n) is 19.6. The molecule has 0 radical (unpaired) electrons. The topological polar surface area (TPSA) is 61.4 Å². The number of amides is 2. The van der Waals surface area contributed by atoms with Crippen LogP contribution in [0.2, 0.25) is 5.02 Å². The zero-order valence-corrected chi connectivity index (χ0v) is 20.4. The van der Waals surface area contributed by atoms with Crippen LogP contribution in [0.1, 0.15) is 69.3 Å². The fourth-order valence-electron chi connectivity index (χ4n) is 4.12. The summed E-state index contributed by atoms with van der Waals surface area (Å²) in [6.07, 6.45) is 7.35. The minimum atomic E-state index is -0.134. The molecular formula is C25H36ClN3O2. The highest BCUT2D eigenvalue weighted by Gasteiger charge is 2.24. The molecular weight excluding hydrogens is 410 g/mol. The number of nitrogens with zero attached hydrogens (tertiary/aromatic N) is 1. The summed E-state index contributed by atoms with van der Waals surface area (Å²) in [4.78, 5) is 25.8. The van der Waals surface area contributed by atoms with Crippen LogP contribution in [-0.4, -0.2) is 32.0 Å².